The summed E-state index contributed by atoms with van der Waals surface area (Å²) < 4.78 is 5.45. The first-order chi connectivity index (χ1) is 9.67. The predicted octanol–water partition coefficient (Wildman–Crippen LogP) is 3.31. The number of ether oxygens (including phenoxy) is 1. The van der Waals surface area contributed by atoms with Crippen LogP contribution in [-0.2, 0) is 5.41 Å². The van der Waals surface area contributed by atoms with Gasteiger partial charge in [-0.15, -0.1) is 0 Å². The Morgan fingerprint density at radius 3 is 2.95 bits per heavy atom. The quantitative estimate of drug-likeness (QED) is 0.918. The van der Waals surface area contributed by atoms with Gasteiger partial charge in [-0.1, -0.05) is 18.9 Å². The minimum Gasteiger partial charge on any atom is -0.504 e. The zero-order chi connectivity index (χ0) is 14.2. The summed E-state index contributed by atoms with van der Waals surface area (Å²) in [4.78, 5) is 2.51. The molecule has 0 bridgehead atoms. The smallest absolute Gasteiger partial charge is 0.160 e. The van der Waals surface area contributed by atoms with Crippen LogP contribution in [0.25, 0.3) is 0 Å². The molecule has 1 heterocycles. The molecule has 0 aromatic heterocycles. The van der Waals surface area contributed by atoms with Gasteiger partial charge in [-0.3, -0.25) is 0 Å². The highest BCUT2D eigenvalue weighted by molar-refractivity contribution is 5.45. The third-order valence-corrected chi connectivity index (χ3v) is 5.26. The van der Waals surface area contributed by atoms with E-state index in [9.17, 15) is 5.11 Å². The zero-order valence-electron chi connectivity index (χ0n) is 12.6. The molecule has 0 spiro atoms. The van der Waals surface area contributed by atoms with Crippen molar-refractivity contribution in [3.63, 3.8) is 0 Å². The molecule has 3 heteroatoms. The molecule has 0 amide bonds. The van der Waals surface area contributed by atoms with Gasteiger partial charge in [-0.25, -0.2) is 0 Å². The highest BCUT2D eigenvalue weighted by atomic mass is 16.5. The van der Waals surface area contributed by atoms with Crippen LogP contribution in [0.3, 0.4) is 0 Å². The summed E-state index contributed by atoms with van der Waals surface area (Å²) in [5.74, 6) is 0.893. The number of fused-ring (bicyclic) bond motifs is 1. The number of aromatic hydroxyl groups is 1. The van der Waals surface area contributed by atoms with E-state index in [1.54, 1.807) is 0 Å². The molecule has 1 saturated heterocycles. The summed E-state index contributed by atoms with van der Waals surface area (Å²) in [5, 5.41) is 10.2. The SMILES string of the molecule is CCOc1ccc([C@@]23CCCCC2N(C)CC3)cc1O. The van der Waals surface area contributed by atoms with Crippen molar-refractivity contribution >= 4 is 0 Å². The monoisotopic (exact) mass is 275 g/mol. The average Bonchev–Trinajstić information content (AvgIpc) is 2.80. The molecule has 2 aliphatic rings. The summed E-state index contributed by atoms with van der Waals surface area (Å²) in [6.45, 7) is 3.69. The van der Waals surface area contributed by atoms with Crippen molar-refractivity contribution in [3.8, 4) is 11.5 Å². The van der Waals surface area contributed by atoms with Crippen molar-refractivity contribution in [3.05, 3.63) is 23.8 Å². The van der Waals surface area contributed by atoms with Crippen molar-refractivity contribution in [1.29, 1.82) is 0 Å². The van der Waals surface area contributed by atoms with E-state index in [1.807, 2.05) is 19.1 Å². The van der Waals surface area contributed by atoms with Gasteiger partial charge in [0.05, 0.1) is 6.61 Å². The van der Waals surface area contributed by atoms with Gasteiger partial charge in [0, 0.05) is 11.5 Å². The van der Waals surface area contributed by atoms with Crippen LogP contribution in [0.2, 0.25) is 0 Å². The molecule has 1 aromatic carbocycles. The molecule has 1 N–H and O–H groups in total. The molecule has 1 aliphatic carbocycles. The van der Waals surface area contributed by atoms with E-state index in [1.165, 1.54) is 44.2 Å². The normalized spacial score (nSPS) is 30.2. The Bertz CT molecular complexity index is 484. The zero-order valence-corrected chi connectivity index (χ0v) is 12.6. The Morgan fingerprint density at radius 2 is 2.20 bits per heavy atom. The van der Waals surface area contributed by atoms with E-state index in [0.717, 1.165) is 0 Å². The van der Waals surface area contributed by atoms with E-state index in [4.69, 9.17) is 4.74 Å². The van der Waals surface area contributed by atoms with Gasteiger partial charge in [0.25, 0.3) is 0 Å². The second kappa shape index (κ2) is 5.28. The van der Waals surface area contributed by atoms with Crippen LogP contribution >= 0.6 is 0 Å². The maximum Gasteiger partial charge on any atom is 0.160 e. The lowest BCUT2D eigenvalue weighted by Crippen LogP contribution is -2.43. The van der Waals surface area contributed by atoms with Gasteiger partial charge < -0.3 is 14.7 Å². The van der Waals surface area contributed by atoms with Crippen molar-refractivity contribution in [2.24, 2.45) is 0 Å². The highest BCUT2D eigenvalue weighted by Gasteiger charge is 2.48. The molecule has 1 aliphatic heterocycles. The number of nitrogens with zero attached hydrogens (tertiary/aromatic N) is 1. The number of likely N-dealkylation sites (N-methyl/N-ethyl adjacent to an activating group) is 1. The maximum atomic E-state index is 10.2. The first-order valence-electron chi connectivity index (χ1n) is 7.84. The minimum atomic E-state index is 0.245. The molecule has 110 valence electrons. The van der Waals surface area contributed by atoms with Crippen LogP contribution in [0.15, 0.2) is 18.2 Å². The van der Waals surface area contributed by atoms with Gasteiger partial charge in [0.2, 0.25) is 0 Å². The predicted molar refractivity (Wildman–Crippen MR) is 80.5 cm³/mol. The van der Waals surface area contributed by atoms with E-state index >= 15 is 0 Å². The lowest BCUT2D eigenvalue weighted by molar-refractivity contribution is 0.181. The van der Waals surface area contributed by atoms with E-state index in [2.05, 4.69) is 18.0 Å². The largest absolute Gasteiger partial charge is 0.504 e. The molecule has 2 atom stereocenters. The Kier molecular flexibility index (Phi) is 3.63. The van der Waals surface area contributed by atoms with Gasteiger partial charge in [0.15, 0.2) is 11.5 Å². The lowest BCUT2D eigenvalue weighted by atomic mass is 9.66. The average molecular weight is 275 g/mol. The molecule has 3 rings (SSSR count). The minimum absolute atomic E-state index is 0.245. The molecule has 2 fully saturated rings. The number of phenols is 1. The summed E-state index contributed by atoms with van der Waals surface area (Å²) in [6, 6.07) is 6.69. The standard InChI is InChI=1S/C17H25NO2/c1-3-20-15-8-7-13(12-14(15)19)17-9-5-4-6-16(17)18(2)11-10-17/h7-8,12,16,19H,3-6,9-11H2,1-2H3/t16?,17-/m0/s1. The first kappa shape index (κ1) is 13.7. The molecule has 3 nitrogen and oxygen atoms in total. The van der Waals surface area contributed by atoms with Crippen LogP contribution < -0.4 is 4.74 Å². The molecule has 1 saturated carbocycles. The number of benzene rings is 1. The molecule has 1 aromatic rings. The fourth-order valence-electron chi connectivity index (χ4n) is 4.27. The summed E-state index contributed by atoms with van der Waals surface area (Å²) in [7, 11) is 2.24. The summed E-state index contributed by atoms with van der Waals surface area (Å²) in [6.07, 6.45) is 6.37. The van der Waals surface area contributed by atoms with Crippen LogP contribution in [0.4, 0.5) is 0 Å². The van der Waals surface area contributed by atoms with Crippen molar-refractivity contribution in [2.75, 3.05) is 20.2 Å². The Morgan fingerprint density at radius 1 is 1.35 bits per heavy atom. The number of hydrogen-bond acceptors (Lipinski definition) is 3. The van der Waals surface area contributed by atoms with Crippen LogP contribution in [-0.4, -0.2) is 36.2 Å². The van der Waals surface area contributed by atoms with Crippen molar-refractivity contribution in [2.45, 2.75) is 50.5 Å². The number of hydrogen-bond donors (Lipinski definition) is 1. The highest BCUT2D eigenvalue weighted by Crippen LogP contribution is 2.49. The third-order valence-electron chi connectivity index (χ3n) is 5.26. The Hall–Kier alpha value is -1.22. The Balaban J connectivity index is 1.96. The van der Waals surface area contributed by atoms with Crippen LogP contribution in [0.5, 0.6) is 11.5 Å². The second-order valence-corrected chi connectivity index (χ2v) is 6.26. The number of likely N-dealkylation sites (tertiary alicyclic amines) is 1. The fourth-order valence-corrected chi connectivity index (χ4v) is 4.27. The number of phenolic OH excluding ortho intramolecular Hbond substituents is 1. The molecular weight excluding hydrogens is 250 g/mol. The van der Waals surface area contributed by atoms with Crippen molar-refractivity contribution in [1.82, 2.24) is 4.90 Å². The molecule has 1 unspecified atom stereocenters. The summed E-state index contributed by atoms with van der Waals surface area (Å²) in [5.41, 5.74) is 1.54. The van der Waals surface area contributed by atoms with E-state index in [-0.39, 0.29) is 11.2 Å². The van der Waals surface area contributed by atoms with Crippen molar-refractivity contribution < 1.29 is 9.84 Å². The fraction of sp³-hybridized carbons (Fsp3) is 0.647. The number of rotatable bonds is 3. The molecular formula is C17H25NO2. The molecule has 0 radical (unpaired) electrons. The topological polar surface area (TPSA) is 32.7 Å². The van der Waals surface area contributed by atoms with Gasteiger partial charge in [-0.2, -0.15) is 0 Å². The maximum absolute atomic E-state index is 10.2. The molecule has 20 heavy (non-hydrogen) atoms. The Labute approximate surface area is 121 Å². The van der Waals surface area contributed by atoms with E-state index in [0.29, 0.717) is 18.4 Å². The first-order valence-corrected chi connectivity index (χ1v) is 7.84. The lowest BCUT2D eigenvalue weighted by Gasteiger charge is -2.41. The second-order valence-electron chi connectivity index (χ2n) is 6.26. The summed E-state index contributed by atoms with van der Waals surface area (Å²) >= 11 is 0. The van der Waals surface area contributed by atoms with E-state index < -0.39 is 0 Å². The van der Waals surface area contributed by atoms with Gasteiger partial charge in [0.1, 0.15) is 0 Å². The van der Waals surface area contributed by atoms with Crippen LogP contribution in [0, 0.1) is 0 Å². The third kappa shape index (κ3) is 2.08. The van der Waals surface area contributed by atoms with Gasteiger partial charge in [-0.05, 0) is 57.5 Å². The van der Waals surface area contributed by atoms with Crippen LogP contribution in [0.1, 0.15) is 44.6 Å². The van der Waals surface area contributed by atoms with Gasteiger partial charge >= 0.3 is 0 Å².